The Morgan fingerprint density at radius 2 is 2.28 bits per heavy atom. The molecular formula is C12H9BrClNO3. The first-order chi connectivity index (χ1) is 8.61. The van der Waals surface area contributed by atoms with Crippen LogP contribution in [0.15, 0.2) is 33.3 Å². The Morgan fingerprint density at radius 1 is 1.50 bits per heavy atom. The lowest BCUT2D eigenvalue weighted by atomic mass is 10.1. The first kappa shape index (κ1) is 13.1. The van der Waals surface area contributed by atoms with Crippen LogP contribution in [0.2, 0.25) is 5.02 Å². The molecule has 1 heterocycles. The van der Waals surface area contributed by atoms with Crippen molar-refractivity contribution in [2.45, 2.75) is 6.92 Å². The molecule has 0 aliphatic rings. The normalized spacial score (nSPS) is 10.4. The molecule has 94 valence electrons. The number of carbonyl (C=O) groups is 1. The molecule has 0 saturated carbocycles. The van der Waals surface area contributed by atoms with E-state index in [0.29, 0.717) is 17.4 Å². The summed E-state index contributed by atoms with van der Waals surface area (Å²) in [6.45, 7) is 2.03. The van der Waals surface area contributed by atoms with Crippen molar-refractivity contribution in [1.29, 1.82) is 0 Å². The average molecular weight is 331 g/mol. The van der Waals surface area contributed by atoms with E-state index >= 15 is 0 Å². The van der Waals surface area contributed by atoms with Crippen molar-refractivity contribution in [2.24, 2.45) is 0 Å². The fraction of sp³-hybridized carbons (Fsp3) is 0.167. The van der Waals surface area contributed by atoms with Gasteiger partial charge in [-0.1, -0.05) is 16.8 Å². The lowest BCUT2D eigenvalue weighted by Gasteiger charge is -1.99. The summed E-state index contributed by atoms with van der Waals surface area (Å²) < 4.78 is 10.7. The summed E-state index contributed by atoms with van der Waals surface area (Å²) in [5, 5.41) is 4.28. The van der Waals surface area contributed by atoms with Crippen molar-refractivity contribution in [3.63, 3.8) is 0 Å². The van der Waals surface area contributed by atoms with Crippen molar-refractivity contribution >= 4 is 33.5 Å². The monoisotopic (exact) mass is 329 g/mol. The van der Waals surface area contributed by atoms with Gasteiger partial charge in [0, 0.05) is 21.1 Å². The van der Waals surface area contributed by atoms with Crippen molar-refractivity contribution in [3.8, 4) is 11.3 Å². The van der Waals surface area contributed by atoms with E-state index in [1.165, 1.54) is 6.07 Å². The largest absolute Gasteiger partial charge is 0.461 e. The number of hydrogen-bond acceptors (Lipinski definition) is 4. The highest BCUT2D eigenvalue weighted by atomic mass is 79.9. The minimum Gasteiger partial charge on any atom is -0.461 e. The highest BCUT2D eigenvalue weighted by Gasteiger charge is 2.16. The first-order valence-corrected chi connectivity index (χ1v) is 6.38. The van der Waals surface area contributed by atoms with Crippen LogP contribution in [-0.4, -0.2) is 17.7 Å². The lowest BCUT2D eigenvalue weighted by Crippen LogP contribution is -2.04. The first-order valence-electron chi connectivity index (χ1n) is 5.21. The van der Waals surface area contributed by atoms with Crippen molar-refractivity contribution in [1.82, 2.24) is 5.16 Å². The zero-order valence-corrected chi connectivity index (χ0v) is 11.8. The van der Waals surface area contributed by atoms with Gasteiger partial charge >= 0.3 is 5.97 Å². The molecule has 1 aromatic heterocycles. The topological polar surface area (TPSA) is 52.3 Å². The maximum Gasteiger partial charge on any atom is 0.360 e. The van der Waals surface area contributed by atoms with Gasteiger partial charge in [-0.2, -0.15) is 0 Å². The van der Waals surface area contributed by atoms with Gasteiger partial charge in [0.25, 0.3) is 0 Å². The number of carbonyl (C=O) groups excluding carboxylic acids is 1. The Kier molecular flexibility index (Phi) is 4.04. The van der Waals surface area contributed by atoms with Crippen LogP contribution in [0.3, 0.4) is 0 Å². The summed E-state index contributed by atoms with van der Waals surface area (Å²) >= 11 is 9.22. The highest BCUT2D eigenvalue weighted by molar-refractivity contribution is 9.10. The van der Waals surface area contributed by atoms with Crippen LogP contribution in [-0.2, 0) is 4.74 Å². The molecule has 2 aromatic rings. The van der Waals surface area contributed by atoms with E-state index in [4.69, 9.17) is 20.9 Å². The van der Waals surface area contributed by atoms with Gasteiger partial charge in [-0.15, -0.1) is 0 Å². The van der Waals surface area contributed by atoms with Crippen LogP contribution >= 0.6 is 27.5 Å². The van der Waals surface area contributed by atoms with E-state index in [2.05, 4.69) is 21.1 Å². The van der Waals surface area contributed by atoms with Crippen LogP contribution in [0.4, 0.5) is 0 Å². The second-order valence-corrected chi connectivity index (χ2v) is 4.71. The Bertz CT molecular complexity index is 582. The molecule has 18 heavy (non-hydrogen) atoms. The number of hydrogen-bond donors (Lipinski definition) is 0. The molecule has 0 fully saturated rings. The molecule has 1 aromatic carbocycles. The maximum absolute atomic E-state index is 11.5. The number of rotatable bonds is 3. The molecule has 6 heteroatoms. The third kappa shape index (κ3) is 2.73. The summed E-state index contributed by atoms with van der Waals surface area (Å²) in [4.78, 5) is 11.5. The Balaban J connectivity index is 2.32. The summed E-state index contributed by atoms with van der Waals surface area (Å²) in [7, 11) is 0. The molecule has 0 N–H and O–H groups in total. The molecule has 2 rings (SSSR count). The molecule has 0 saturated heterocycles. The molecular weight excluding hydrogens is 321 g/mol. The predicted molar refractivity (Wildman–Crippen MR) is 70.6 cm³/mol. The van der Waals surface area contributed by atoms with E-state index in [9.17, 15) is 4.79 Å². The van der Waals surface area contributed by atoms with Crippen molar-refractivity contribution < 1.29 is 14.1 Å². The van der Waals surface area contributed by atoms with Gasteiger partial charge in [0.1, 0.15) is 0 Å². The smallest absolute Gasteiger partial charge is 0.360 e. The minimum atomic E-state index is -0.502. The van der Waals surface area contributed by atoms with E-state index in [1.54, 1.807) is 25.1 Å². The van der Waals surface area contributed by atoms with Crippen LogP contribution in [0.25, 0.3) is 11.3 Å². The third-order valence-corrected chi connectivity index (χ3v) is 3.08. The molecule has 0 spiro atoms. The predicted octanol–water partition coefficient (Wildman–Crippen LogP) is 3.93. The standard InChI is InChI=1S/C12H9BrClNO3/c1-2-17-12(16)10-6-11(18-15-10)8-4-3-7(14)5-9(8)13/h3-6H,2H2,1H3. The van der Waals surface area contributed by atoms with Crippen LogP contribution < -0.4 is 0 Å². The zero-order valence-electron chi connectivity index (χ0n) is 9.44. The third-order valence-electron chi connectivity index (χ3n) is 2.19. The van der Waals surface area contributed by atoms with E-state index < -0.39 is 5.97 Å². The van der Waals surface area contributed by atoms with E-state index in [0.717, 1.165) is 10.0 Å². The second kappa shape index (κ2) is 5.54. The van der Waals surface area contributed by atoms with Gasteiger partial charge in [-0.3, -0.25) is 0 Å². The van der Waals surface area contributed by atoms with Gasteiger partial charge in [0.05, 0.1) is 6.61 Å². The highest BCUT2D eigenvalue weighted by Crippen LogP contribution is 2.31. The number of nitrogens with zero attached hydrogens (tertiary/aromatic N) is 1. The van der Waals surface area contributed by atoms with Gasteiger partial charge in [0.15, 0.2) is 11.5 Å². The lowest BCUT2D eigenvalue weighted by molar-refractivity contribution is 0.0514. The SMILES string of the molecule is CCOC(=O)c1cc(-c2ccc(Cl)cc2Br)on1. The van der Waals surface area contributed by atoms with Crippen LogP contribution in [0, 0.1) is 0 Å². The number of aromatic nitrogens is 1. The molecule has 0 amide bonds. The number of ether oxygens (including phenoxy) is 1. The summed E-state index contributed by atoms with van der Waals surface area (Å²) in [6.07, 6.45) is 0. The number of halogens is 2. The summed E-state index contributed by atoms with van der Waals surface area (Å²) in [5.41, 5.74) is 0.913. The zero-order chi connectivity index (χ0) is 13.1. The van der Waals surface area contributed by atoms with Crippen LogP contribution in [0.5, 0.6) is 0 Å². The number of benzene rings is 1. The second-order valence-electron chi connectivity index (χ2n) is 3.42. The van der Waals surface area contributed by atoms with E-state index in [1.807, 2.05) is 0 Å². The van der Waals surface area contributed by atoms with Gasteiger partial charge < -0.3 is 9.26 Å². The summed E-state index contributed by atoms with van der Waals surface area (Å²) in [5.74, 6) is -0.0285. The van der Waals surface area contributed by atoms with Crippen molar-refractivity contribution in [3.05, 3.63) is 39.5 Å². The quantitative estimate of drug-likeness (QED) is 0.800. The molecule has 0 radical (unpaired) electrons. The molecule has 0 bridgehead atoms. The minimum absolute atomic E-state index is 0.147. The maximum atomic E-state index is 11.5. The summed E-state index contributed by atoms with van der Waals surface area (Å²) in [6, 6.07) is 6.78. The van der Waals surface area contributed by atoms with Crippen LogP contribution in [0.1, 0.15) is 17.4 Å². The molecule has 4 nitrogen and oxygen atoms in total. The molecule has 0 atom stereocenters. The van der Waals surface area contributed by atoms with Crippen molar-refractivity contribution in [2.75, 3.05) is 6.61 Å². The molecule has 0 aliphatic heterocycles. The average Bonchev–Trinajstić information content (AvgIpc) is 2.78. The Labute approximate surface area is 117 Å². The Hall–Kier alpha value is -1.33. The van der Waals surface area contributed by atoms with Gasteiger partial charge in [-0.05, 0) is 41.1 Å². The number of esters is 1. The molecule has 0 unspecified atom stereocenters. The van der Waals surface area contributed by atoms with Gasteiger partial charge in [-0.25, -0.2) is 4.79 Å². The fourth-order valence-electron chi connectivity index (χ4n) is 1.39. The molecule has 0 aliphatic carbocycles. The van der Waals surface area contributed by atoms with Gasteiger partial charge in [0.2, 0.25) is 0 Å². The Morgan fingerprint density at radius 3 is 2.94 bits per heavy atom. The van der Waals surface area contributed by atoms with E-state index in [-0.39, 0.29) is 5.69 Å². The fourth-order valence-corrected chi connectivity index (χ4v) is 2.27.